The molecule has 6 atom stereocenters. The van der Waals surface area contributed by atoms with E-state index in [4.69, 9.17) is 9.47 Å². The third-order valence-corrected chi connectivity index (χ3v) is 6.19. The molecule has 3 aliphatic rings. The van der Waals surface area contributed by atoms with E-state index in [1.165, 1.54) is 11.1 Å². The highest BCUT2D eigenvalue weighted by molar-refractivity contribution is 5.12. The third-order valence-electron chi connectivity index (χ3n) is 6.19. The standard InChI is InChI=1S/C20H32O3/c1-13(2)15-12-18-19(4,21)10-8-17-20(5,23-17)9-6-7-14(3)11-16(15)22-18/h7,15-18,21H,1,6,8-12H2,2-5H3/b14-7+/t15-,16+,17+,18-,19+,20+/m1/s1. The molecule has 130 valence electrons. The summed E-state index contributed by atoms with van der Waals surface area (Å²) in [5.74, 6) is 0.347. The van der Waals surface area contributed by atoms with Gasteiger partial charge in [0.25, 0.3) is 0 Å². The van der Waals surface area contributed by atoms with Gasteiger partial charge >= 0.3 is 0 Å². The van der Waals surface area contributed by atoms with E-state index < -0.39 is 5.60 Å². The summed E-state index contributed by atoms with van der Waals surface area (Å²) < 4.78 is 12.2. The van der Waals surface area contributed by atoms with Crippen LogP contribution in [0.2, 0.25) is 0 Å². The Morgan fingerprint density at radius 3 is 2.74 bits per heavy atom. The van der Waals surface area contributed by atoms with Gasteiger partial charge in [0, 0.05) is 5.92 Å². The van der Waals surface area contributed by atoms with Gasteiger partial charge in [0.1, 0.15) is 0 Å². The molecule has 3 rings (SSSR count). The van der Waals surface area contributed by atoms with E-state index in [1.807, 2.05) is 6.92 Å². The number of allylic oxidation sites excluding steroid dienone is 1. The Bertz CT molecular complexity index is 507. The third kappa shape index (κ3) is 3.57. The molecule has 0 aliphatic carbocycles. The van der Waals surface area contributed by atoms with Gasteiger partial charge < -0.3 is 14.6 Å². The highest BCUT2D eigenvalue weighted by atomic mass is 16.6. The van der Waals surface area contributed by atoms with Crippen molar-refractivity contribution in [3.05, 3.63) is 23.8 Å². The van der Waals surface area contributed by atoms with Gasteiger partial charge in [-0.3, -0.25) is 0 Å². The van der Waals surface area contributed by atoms with Gasteiger partial charge in [-0.25, -0.2) is 0 Å². The van der Waals surface area contributed by atoms with Gasteiger partial charge in [-0.15, -0.1) is 0 Å². The molecular weight excluding hydrogens is 288 g/mol. The zero-order valence-corrected chi connectivity index (χ0v) is 15.1. The van der Waals surface area contributed by atoms with Gasteiger partial charge in [0.05, 0.1) is 29.5 Å². The molecule has 0 aromatic carbocycles. The first-order valence-corrected chi connectivity index (χ1v) is 9.08. The van der Waals surface area contributed by atoms with Crippen LogP contribution in [-0.4, -0.2) is 34.6 Å². The van der Waals surface area contributed by atoms with E-state index in [-0.39, 0.29) is 23.9 Å². The van der Waals surface area contributed by atoms with Crippen LogP contribution in [0, 0.1) is 5.92 Å². The summed E-state index contributed by atoms with van der Waals surface area (Å²) in [6, 6.07) is 0. The Labute approximate surface area is 140 Å². The highest BCUT2D eigenvalue weighted by Gasteiger charge is 2.52. The van der Waals surface area contributed by atoms with E-state index in [1.54, 1.807) is 0 Å². The predicted octanol–water partition coefficient (Wildman–Crippen LogP) is 4.16. The summed E-state index contributed by atoms with van der Waals surface area (Å²) in [5, 5.41) is 11.0. The fourth-order valence-corrected chi connectivity index (χ4v) is 4.32. The topological polar surface area (TPSA) is 42.0 Å². The van der Waals surface area contributed by atoms with Crippen molar-refractivity contribution in [2.24, 2.45) is 5.92 Å². The lowest BCUT2D eigenvalue weighted by Gasteiger charge is -2.30. The summed E-state index contributed by atoms with van der Waals surface area (Å²) in [7, 11) is 0. The Morgan fingerprint density at radius 2 is 2.04 bits per heavy atom. The monoisotopic (exact) mass is 320 g/mol. The molecule has 3 aliphatic heterocycles. The molecule has 0 radical (unpaired) electrons. The van der Waals surface area contributed by atoms with E-state index in [0.29, 0.717) is 5.92 Å². The Morgan fingerprint density at radius 1 is 1.30 bits per heavy atom. The van der Waals surface area contributed by atoms with Crippen LogP contribution in [0.15, 0.2) is 23.8 Å². The van der Waals surface area contributed by atoms with Gasteiger partial charge in [0.15, 0.2) is 0 Å². The molecule has 0 spiro atoms. The van der Waals surface area contributed by atoms with Gasteiger partial charge in [-0.05, 0) is 66.2 Å². The van der Waals surface area contributed by atoms with Crippen LogP contribution in [0.4, 0.5) is 0 Å². The lowest BCUT2D eigenvalue weighted by atomic mass is 9.83. The lowest BCUT2D eigenvalue weighted by Crippen LogP contribution is -2.39. The molecular formula is C20H32O3. The maximum atomic E-state index is 11.0. The van der Waals surface area contributed by atoms with Crippen LogP contribution in [0.3, 0.4) is 0 Å². The molecule has 0 aromatic rings. The second-order valence-electron chi connectivity index (χ2n) is 8.46. The molecule has 3 nitrogen and oxygen atoms in total. The van der Waals surface area contributed by atoms with Crippen LogP contribution in [0.25, 0.3) is 0 Å². The summed E-state index contributed by atoms with van der Waals surface area (Å²) in [4.78, 5) is 0. The minimum absolute atomic E-state index is 0.0149. The largest absolute Gasteiger partial charge is 0.387 e. The number of hydrogen-bond acceptors (Lipinski definition) is 3. The first-order chi connectivity index (χ1) is 10.7. The van der Waals surface area contributed by atoms with Crippen molar-refractivity contribution in [1.29, 1.82) is 0 Å². The van der Waals surface area contributed by atoms with Crippen molar-refractivity contribution < 1.29 is 14.6 Å². The molecule has 0 amide bonds. The number of epoxide rings is 1. The van der Waals surface area contributed by atoms with E-state index in [0.717, 1.165) is 38.5 Å². The zero-order chi connectivity index (χ0) is 16.8. The molecule has 2 bridgehead atoms. The molecule has 23 heavy (non-hydrogen) atoms. The molecule has 1 N–H and O–H groups in total. The van der Waals surface area contributed by atoms with Gasteiger partial charge in [0.2, 0.25) is 0 Å². The Kier molecular flexibility index (Phi) is 4.50. The fourth-order valence-electron chi connectivity index (χ4n) is 4.32. The second-order valence-corrected chi connectivity index (χ2v) is 8.46. The van der Waals surface area contributed by atoms with E-state index in [2.05, 4.69) is 33.4 Å². The second kappa shape index (κ2) is 6.02. The minimum atomic E-state index is -0.791. The number of hydrogen-bond donors (Lipinski definition) is 1. The number of fused-ring (bicyclic) bond motifs is 3. The van der Waals surface area contributed by atoms with Crippen molar-refractivity contribution in [3.8, 4) is 0 Å². The van der Waals surface area contributed by atoms with Crippen molar-refractivity contribution >= 4 is 0 Å². The fraction of sp³-hybridized carbons (Fsp3) is 0.800. The zero-order valence-electron chi connectivity index (χ0n) is 15.1. The highest BCUT2D eigenvalue weighted by Crippen LogP contribution is 2.46. The number of rotatable bonds is 1. The molecule has 3 heteroatoms. The first kappa shape index (κ1) is 17.2. The molecule has 2 fully saturated rings. The number of ether oxygens (including phenoxy) is 2. The summed E-state index contributed by atoms with van der Waals surface area (Å²) in [6.07, 6.45) is 8.26. The summed E-state index contributed by atoms with van der Waals surface area (Å²) in [6.45, 7) is 12.6. The predicted molar refractivity (Wildman–Crippen MR) is 92.3 cm³/mol. The average molecular weight is 320 g/mol. The summed E-state index contributed by atoms with van der Waals surface area (Å²) in [5.41, 5.74) is 1.77. The Hall–Kier alpha value is -0.640. The Balaban J connectivity index is 1.81. The van der Waals surface area contributed by atoms with Crippen LogP contribution < -0.4 is 0 Å². The van der Waals surface area contributed by atoms with Crippen molar-refractivity contribution in [3.63, 3.8) is 0 Å². The normalized spacial score (nSPS) is 49.9. The van der Waals surface area contributed by atoms with Gasteiger partial charge in [-0.2, -0.15) is 0 Å². The maximum Gasteiger partial charge on any atom is 0.0923 e. The van der Waals surface area contributed by atoms with Gasteiger partial charge in [-0.1, -0.05) is 23.8 Å². The average Bonchev–Trinajstić information content (AvgIpc) is 2.89. The first-order valence-electron chi connectivity index (χ1n) is 9.08. The molecule has 0 unspecified atom stereocenters. The van der Waals surface area contributed by atoms with E-state index >= 15 is 0 Å². The van der Waals surface area contributed by atoms with Crippen LogP contribution in [0.5, 0.6) is 0 Å². The molecule has 2 saturated heterocycles. The van der Waals surface area contributed by atoms with E-state index in [9.17, 15) is 5.11 Å². The van der Waals surface area contributed by atoms with Crippen molar-refractivity contribution in [1.82, 2.24) is 0 Å². The van der Waals surface area contributed by atoms with Crippen LogP contribution >= 0.6 is 0 Å². The maximum absolute atomic E-state index is 11.0. The quantitative estimate of drug-likeness (QED) is 0.583. The van der Waals surface area contributed by atoms with Crippen LogP contribution in [-0.2, 0) is 9.47 Å². The number of aliphatic hydroxyl groups is 1. The van der Waals surface area contributed by atoms with Crippen molar-refractivity contribution in [2.45, 2.75) is 95.7 Å². The van der Waals surface area contributed by atoms with Crippen LogP contribution in [0.1, 0.15) is 66.2 Å². The SMILES string of the molecule is C=C(C)[C@H]1C[C@H]2O[C@H]1C/C(C)=C/CC[C@]1(C)O[C@H]1CC[C@]2(C)O. The molecule has 0 aromatic heterocycles. The smallest absolute Gasteiger partial charge is 0.0923 e. The van der Waals surface area contributed by atoms with Crippen molar-refractivity contribution in [2.75, 3.05) is 0 Å². The summed E-state index contributed by atoms with van der Waals surface area (Å²) >= 11 is 0. The lowest BCUT2D eigenvalue weighted by molar-refractivity contribution is -0.0987. The minimum Gasteiger partial charge on any atom is -0.387 e. The molecule has 0 saturated carbocycles. The molecule has 3 heterocycles.